The predicted octanol–water partition coefficient (Wildman–Crippen LogP) is 2.57. The number of rotatable bonds is 7. The van der Waals surface area contributed by atoms with Gasteiger partial charge in [-0.1, -0.05) is 36.4 Å². The van der Waals surface area contributed by atoms with Crippen LogP contribution in [0.4, 0.5) is 0 Å². The summed E-state index contributed by atoms with van der Waals surface area (Å²) < 4.78 is 10.4. The van der Waals surface area contributed by atoms with Gasteiger partial charge in [-0.2, -0.15) is 0 Å². The molecule has 1 atom stereocenters. The lowest BCUT2D eigenvalue weighted by Gasteiger charge is -2.14. The number of methoxy groups -OCH3 is 2. The van der Waals surface area contributed by atoms with Crippen LogP contribution in [0.25, 0.3) is 6.08 Å². The van der Waals surface area contributed by atoms with Crippen LogP contribution >= 0.6 is 0 Å². The van der Waals surface area contributed by atoms with Crippen molar-refractivity contribution in [1.82, 2.24) is 5.32 Å². The van der Waals surface area contributed by atoms with Gasteiger partial charge < -0.3 is 19.9 Å². The average molecular weight is 327 g/mol. The van der Waals surface area contributed by atoms with Crippen LogP contribution in [-0.4, -0.2) is 31.8 Å². The van der Waals surface area contributed by atoms with Crippen LogP contribution in [0.1, 0.15) is 17.2 Å². The highest BCUT2D eigenvalue weighted by atomic mass is 16.5. The number of nitrogens with one attached hydrogen (secondary N) is 1. The molecule has 126 valence electrons. The van der Waals surface area contributed by atoms with Crippen molar-refractivity contribution in [3.05, 3.63) is 65.7 Å². The van der Waals surface area contributed by atoms with Gasteiger partial charge in [0.25, 0.3) is 0 Å². The first-order valence-electron chi connectivity index (χ1n) is 7.55. The predicted molar refractivity (Wildman–Crippen MR) is 93.0 cm³/mol. The zero-order valence-corrected chi connectivity index (χ0v) is 13.7. The molecule has 1 amide bonds. The lowest BCUT2D eigenvalue weighted by Crippen LogP contribution is -2.26. The number of benzene rings is 2. The lowest BCUT2D eigenvalue weighted by atomic mass is 10.1. The molecule has 0 saturated carbocycles. The largest absolute Gasteiger partial charge is 0.493 e. The molecular weight excluding hydrogens is 306 g/mol. The second kappa shape index (κ2) is 8.74. The summed E-state index contributed by atoms with van der Waals surface area (Å²) in [7, 11) is 3.08. The van der Waals surface area contributed by atoms with E-state index in [-0.39, 0.29) is 12.5 Å². The monoisotopic (exact) mass is 327 g/mol. The molecule has 24 heavy (non-hydrogen) atoms. The van der Waals surface area contributed by atoms with Gasteiger partial charge in [0.1, 0.15) is 0 Å². The molecule has 5 nitrogen and oxygen atoms in total. The van der Waals surface area contributed by atoms with Crippen LogP contribution in [0.3, 0.4) is 0 Å². The van der Waals surface area contributed by atoms with E-state index in [2.05, 4.69) is 5.32 Å². The first-order valence-corrected chi connectivity index (χ1v) is 7.55. The fourth-order valence-corrected chi connectivity index (χ4v) is 2.17. The van der Waals surface area contributed by atoms with E-state index in [1.165, 1.54) is 13.2 Å². The van der Waals surface area contributed by atoms with Crippen LogP contribution in [0, 0.1) is 0 Å². The minimum absolute atomic E-state index is 0.105. The van der Waals surface area contributed by atoms with Crippen molar-refractivity contribution >= 4 is 12.0 Å². The van der Waals surface area contributed by atoms with Gasteiger partial charge in [0.15, 0.2) is 11.5 Å². The van der Waals surface area contributed by atoms with Crippen LogP contribution in [0.5, 0.6) is 11.5 Å². The first-order chi connectivity index (χ1) is 11.6. The Kier molecular flexibility index (Phi) is 6.40. The Balaban J connectivity index is 1.91. The Morgan fingerprint density at radius 3 is 2.50 bits per heavy atom. The summed E-state index contributed by atoms with van der Waals surface area (Å²) in [6, 6.07) is 14.7. The maximum absolute atomic E-state index is 11.8. The van der Waals surface area contributed by atoms with E-state index in [9.17, 15) is 9.90 Å². The molecule has 2 N–H and O–H groups in total. The summed E-state index contributed by atoms with van der Waals surface area (Å²) in [5.41, 5.74) is 1.58. The molecular formula is C19H21NO4. The molecule has 2 rings (SSSR count). The van der Waals surface area contributed by atoms with Gasteiger partial charge in [0.2, 0.25) is 5.91 Å². The summed E-state index contributed by atoms with van der Waals surface area (Å²) >= 11 is 0. The number of aliphatic hydroxyl groups is 1. The zero-order valence-electron chi connectivity index (χ0n) is 13.7. The molecule has 0 aromatic heterocycles. The number of hydrogen-bond acceptors (Lipinski definition) is 4. The summed E-state index contributed by atoms with van der Waals surface area (Å²) in [5, 5.41) is 12.9. The van der Waals surface area contributed by atoms with E-state index >= 15 is 0 Å². The van der Waals surface area contributed by atoms with Crippen molar-refractivity contribution in [3.63, 3.8) is 0 Å². The molecule has 0 bridgehead atoms. The van der Waals surface area contributed by atoms with Crippen molar-refractivity contribution in [1.29, 1.82) is 0 Å². The summed E-state index contributed by atoms with van der Waals surface area (Å²) in [5.74, 6) is 0.853. The number of ether oxygens (including phenoxy) is 2. The Bertz CT molecular complexity index is 698. The van der Waals surface area contributed by atoms with Gasteiger partial charge in [-0.15, -0.1) is 0 Å². The molecule has 0 heterocycles. The fourth-order valence-electron chi connectivity index (χ4n) is 2.17. The maximum Gasteiger partial charge on any atom is 0.244 e. The van der Waals surface area contributed by atoms with Crippen LogP contribution in [-0.2, 0) is 4.79 Å². The van der Waals surface area contributed by atoms with E-state index in [0.717, 1.165) is 5.56 Å². The quantitative estimate of drug-likeness (QED) is 0.767. The van der Waals surface area contributed by atoms with E-state index in [4.69, 9.17) is 9.47 Å². The van der Waals surface area contributed by atoms with Crippen molar-refractivity contribution in [2.24, 2.45) is 0 Å². The van der Waals surface area contributed by atoms with Gasteiger partial charge >= 0.3 is 0 Å². The SMILES string of the molecule is COc1ccc([C@@H](O)CNC(=O)/C=C/c2ccccc2)cc1OC. The molecule has 0 aliphatic carbocycles. The highest BCUT2D eigenvalue weighted by Gasteiger charge is 2.12. The molecule has 0 aliphatic rings. The van der Waals surface area contributed by atoms with Gasteiger partial charge in [-0.05, 0) is 29.3 Å². The third-order valence-corrected chi connectivity index (χ3v) is 3.49. The van der Waals surface area contributed by atoms with Gasteiger partial charge in [0.05, 0.1) is 20.3 Å². The summed E-state index contributed by atoms with van der Waals surface area (Å²) in [6.07, 6.45) is 2.33. The standard InChI is InChI=1S/C19H21NO4/c1-23-17-10-9-15(12-18(17)24-2)16(21)13-20-19(22)11-8-14-6-4-3-5-7-14/h3-12,16,21H,13H2,1-2H3,(H,20,22)/b11-8+/t16-/m0/s1. The summed E-state index contributed by atoms with van der Waals surface area (Å²) in [4.78, 5) is 11.8. The summed E-state index contributed by atoms with van der Waals surface area (Å²) in [6.45, 7) is 0.105. The third kappa shape index (κ3) is 4.86. The van der Waals surface area contributed by atoms with Crippen LogP contribution < -0.4 is 14.8 Å². The number of aliphatic hydroxyl groups excluding tert-OH is 1. The molecule has 2 aromatic rings. The Morgan fingerprint density at radius 2 is 1.83 bits per heavy atom. The van der Waals surface area contributed by atoms with Crippen molar-refractivity contribution < 1.29 is 19.4 Å². The molecule has 5 heteroatoms. The smallest absolute Gasteiger partial charge is 0.244 e. The van der Waals surface area contributed by atoms with Crippen LogP contribution in [0.15, 0.2) is 54.6 Å². The van der Waals surface area contributed by atoms with Crippen LogP contribution in [0.2, 0.25) is 0 Å². The lowest BCUT2D eigenvalue weighted by molar-refractivity contribution is -0.116. The van der Waals surface area contributed by atoms with Gasteiger partial charge in [-0.25, -0.2) is 0 Å². The zero-order chi connectivity index (χ0) is 17.4. The second-order valence-corrected chi connectivity index (χ2v) is 5.12. The molecule has 2 aromatic carbocycles. The van der Waals surface area contributed by atoms with Crippen molar-refractivity contribution in [3.8, 4) is 11.5 Å². The fraction of sp³-hybridized carbons (Fsp3) is 0.211. The van der Waals surface area contributed by atoms with E-state index in [1.54, 1.807) is 31.4 Å². The molecule has 0 fully saturated rings. The average Bonchev–Trinajstić information content (AvgIpc) is 2.64. The minimum Gasteiger partial charge on any atom is -0.493 e. The highest BCUT2D eigenvalue weighted by molar-refractivity contribution is 5.91. The van der Waals surface area contributed by atoms with E-state index in [0.29, 0.717) is 17.1 Å². The number of carbonyl (C=O) groups excluding carboxylic acids is 1. The van der Waals surface area contributed by atoms with Gasteiger partial charge in [0, 0.05) is 12.6 Å². The highest BCUT2D eigenvalue weighted by Crippen LogP contribution is 2.29. The van der Waals surface area contributed by atoms with Crippen molar-refractivity contribution in [2.75, 3.05) is 20.8 Å². The first kappa shape index (κ1) is 17.6. The second-order valence-electron chi connectivity index (χ2n) is 5.12. The Hall–Kier alpha value is -2.79. The maximum atomic E-state index is 11.8. The molecule has 0 aliphatic heterocycles. The number of amides is 1. The molecule has 0 saturated heterocycles. The topological polar surface area (TPSA) is 67.8 Å². The normalized spacial score (nSPS) is 12.0. The Morgan fingerprint density at radius 1 is 1.12 bits per heavy atom. The molecule has 0 radical (unpaired) electrons. The molecule has 0 spiro atoms. The molecule has 0 unspecified atom stereocenters. The number of hydrogen-bond donors (Lipinski definition) is 2. The Labute approximate surface area is 141 Å². The van der Waals surface area contributed by atoms with Gasteiger partial charge in [-0.3, -0.25) is 4.79 Å². The van der Waals surface area contributed by atoms with E-state index < -0.39 is 6.10 Å². The van der Waals surface area contributed by atoms with E-state index in [1.807, 2.05) is 30.3 Å². The van der Waals surface area contributed by atoms with Crippen molar-refractivity contribution in [2.45, 2.75) is 6.10 Å². The number of carbonyl (C=O) groups is 1. The third-order valence-electron chi connectivity index (χ3n) is 3.49. The minimum atomic E-state index is -0.834.